The molecule has 0 fully saturated rings. The number of nitrogens with one attached hydrogen (secondary N) is 1. The normalized spacial score (nSPS) is 11.0. The van der Waals surface area contributed by atoms with Gasteiger partial charge in [0, 0.05) is 12.1 Å². The topological polar surface area (TPSA) is 90.6 Å². The highest BCUT2D eigenvalue weighted by atomic mass is 32.2. The molecule has 1 heterocycles. The van der Waals surface area contributed by atoms with Gasteiger partial charge in [-0.15, -0.1) is 10.2 Å². The molecule has 0 saturated heterocycles. The van der Waals surface area contributed by atoms with E-state index in [9.17, 15) is 4.79 Å². The second-order valence-electron chi connectivity index (χ2n) is 6.61. The summed E-state index contributed by atoms with van der Waals surface area (Å²) in [4.78, 5) is 12.2. The third kappa shape index (κ3) is 5.64. The lowest BCUT2D eigenvalue weighted by molar-refractivity contribution is -0.118. The van der Waals surface area contributed by atoms with Crippen LogP contribution in [-0.2, 0) is 11.3 Å². The summed E-state index contributed by atoms with van der Waals surface area (Å²) in [5, 5.41) is 13.2. The highest BCUT2D eigenvalue weighted by Crippen LogP contribution is 2.32. The molecule has 0 bridgehead atoms. The lowest BCUT2D eigenvalue weighted by Crippen LogP contribution is -2.20. The number of methoxy groups -OCH3 is 2. The zero-order valence-electron chi connectivity index (χ0n) is 18.0. The first-order chi connectivity index (χ1) is 15.0. The van der Waals surface area contributed by atoms with Gasteiger partial charge in [-0.3, -0.25) is 4.79 Å². The Morgan fingerprint density at radius 2 is 1.87 bits per heavy atom. The minimum absolute atomic E-state index is 0.176. The molecule has 31 heavy (non-hydrogen) atoms. The summed E-state index contributed by atoms with van der Waals surface area (Å²) in [5.41, 5.74) is 5.49. The van der Waals surface area contributed by atoms with Gasteiger partial charge in [0.2, 0.25) is 0 Å². The molecule has 0 radical (unpaired) electrons. The number of aryl methyl sites for hydroxylation is 1. The van der Waals surface area contributed by atoms with Crippen molar-refractivity contribution in [3.8, 4) is 22.9 Å². The summed E-state index contributed by atoms with van der Waals surface area (Å²) in [6, 6.07) is 13.5. The fraction of sp³-hybridized carbons (Fsp3) is 0.273. The Morgan fingerprint density at radius 1 is 1.13 bits per heavy atom. The number of hydrogen-bond acceptors (Lipinski definition) is 7. The molecule has 2 aromatic carbocycles. The average molecular weight is 440 g/mol. The smallest absolute Gasteiger partial charge is 0.250 e. The van der Waals surface area contributed by atoms with Crippen LogP contribution < -0.4 is 14.9 Å². The molecule has 0 spiro atoms. The van der Waals surface area contributed by atoms with Crippen LogP contribution in [0, 0.1) is 6.92 Å². The third-order valence-corrected chi connectivity index (χ3v) is 5.45. The molecule has 9 heteroatoms. The second-order valence-corrected chi connectivity index (χ2v) is 7.56. The van der Waals surface area contributed by atoms with Gasteiger partial charge < -0.3 is 14.0 Å². The molecule has 0 aliphatic rings. The average Bonchev–Trinajstić information content (AvgIpc) is 3.21. The van der Waals surface area contributed by atoms with Crippen LogP contribution in [0.3, 0.4) is 0 Å². The lowest BCUT2D eigenvalue weighted by Gasteiger charge is -2.10. The van der Waals surface area contributed by atoms with Crippen LogP contribution >= 0.6 is 11.8 Å². The SMILES string of the molecule is CCn1c(SCC(=O)NN=Cc2ccc(C)cc2)nnc1-c1ccc(OC)c(OC)c1. The van der Waals surface area contributed by atoms with Gasteiger partial charge in [0.15, 0.2) is 22.5 Å². The Morgan fingerprint density at radius 3 is 2.55 bits per heavy atom. The lowest BCUT2D eigenvalue weighted by atomic mass is 10.2. The van der Waals surface area contributed by atoms with Gasteiger partial charge in [-0.2, -0.15) is 5.10 Å². The van der Waals surface area contributed by atoms with Crippen molar-refractivity contribution in [1.29, 1.82) is 0 Å². The van der Waals surface area contributed by atoms with Crippen molar-refractivity contribution in [1.82, 2.24) is 20.2 Å². The van der Waals surface area contributed by atoms with E-state index in [-0.39, 0.29) is 11.7 Å². The van der Waals surface area contributed by atoms with Crippen molar-refractivity contribution in [2.75, 3.05) is 20.0 Å². The molecule has 0 atom stereocenters. The minimum Gasteiger partial charge on any atom is -0.493 e. The Labute approximate surface area is 185 Å². The van der Waals surface area contributed by atoms with Gasteiger partial charge in [0.05, 0.1) is 26.2 Å². The molecule has 0 aliphatic carbocycles. The summed E-state index contributed by atoms with van der Waals surface area (Å²) in [7, 11) is 3.18. The van der Waals surface area contributed by atoms with Gasteiger partial charge in [-0.1, -0.05) is 41.6 Å². The Hall–Kier alpha value is -3.33. The molecule has 8 nitrogen and oxygen atoms in total. The van der Waals surface area contributed by atoms with E-state index in [1.807, 2.05) is 60.9 Å². The van der Waals surface area contributed by atoms with Crippen LogP contribution in [0.5, 0.6) is 11.5 Å². The van der Waals surface area contributed by atoms with E-state index in [4.69, 9.17) is 9.47 Å². The number of nitrogens with zero attached hydrogens (tertiary/aromatic N) is 4. The van der Waals surface area contributed by atoms with Gasteiger partial charge >= 0.3 is 0 Å². The second kappa shape index (κ2) is 10.6. The first kappa shape index (κ1) is 22.4. The van der Waals surface area contributed by atoms with Crippen molar-refractivity contribution < 1.29 is 14.3 Å². The number of carbonyl (C=O) groups is 1. The van der Waals surface area contributed by atoms with Crippen LogP contribution in [0.15, 0.2) is 52.7 Å². The van der Waals surface area contributed by atoms with E-state index in [0.29, 0.717) is 29.0 Å². The number of hydrazone groups is 1. The number of benzene rings is 2. The maximum atomic E-state index is 12.2. The Kier molecular flexibility index (Phi) is 7.66. The monoisotopic (exact) mass is 439 g/mol. The van der Waals surface area contributed by atoms with Crippen LogP contribution in [0.1, 0.15) is 18.1 Å². The van der Waals surface area contributed by atoms with E-state index >= 15 is 0 Å². The number of hydrogen-bond donors (Lipinski definition) is 1. The Bertz CT molecular complexity index is 1060. The fourth-order valence-corrected chi connectivity index (χ4v) is 3.66. The Balaban J connectivity index is 1.64. The standard InChI is InChI=1S/C22H25N5O3S/c1-5-27-21(17-10-11-18(29-3)19(12-17)30-4)25-26-22(27)31-14-20(28)24-23-13-16-8-6-15(2)7-9-16/h6-13H,5,14H2,1-4H3,(H,24,28). The van der Waals surface area contributed by atoms with E-state index in [1.54, 1.807) is 20.4 Å². The van der Waals surface area contributed by atoms with Crippen LogP contribution in [0.2, 0.25) is 0 Å². The summed E-state index contributed by atoms with van der Waals surface area (Å²) >= 11 is 1.31. The molecule has 3 aromatic rings. The molecule has 1 amide bonds. The number of rotatable bonds is 9. The molecule has 1 aromatic heterocycles. The maximum absolute atomic E-state index is 12.2. The zero-order chi connectivity index (χ0) is 22.2. The molecule has 0 saturated carbocycles. The molecule has 1 N–H and O–H groups in total. The summed E-state index contributed by atoms with van der Waals surface area (Å²) < 4.78 is 12.6. The quantitative estimate of drug-likeness (QED) is 0.312. The molecule has 0 unspecified atom stereocenters. The zero-order valence-corrected chi connectivity index (χ0v) is 18.8. The number of ether oxygens (including phenoxy) is 2. The molecule has 162 valence electrons. The first-order valence-corrected chi connectivity index (χ1v) is 10.7. The van der Waals surface area contributed by atoms with Crippen LogP contribution in [-0.4, -0.2) is 46.9 Å². The van der Waals surface area contributed by atoms with Gasteiger partial charge in [-0.05, 0) is 37.6 Å². The molecule has 0 aliphatic heterocycles. The van der Waals surface area contributed by atoms with Crippen molar-refractivity contribution in [3.05, 3.63) is 53.6 Å². The van der Waals surface area contributed by atoms with Crippen LogP contribution in [0.4, 0.5) is 0 Å². The summed E-state index contributed by atoms with van der Waals surface area (Å²) in [6.07, 6.45) is 1.62. The third-order valence-electron chi connectivity index (χ3n) is 4.49. The van der Waals surface area contributed by atoms with E-state index in [1.165, 1.54) is 17.3 Å². The fourth-order valence-electron chi connectivity index (χ4n) is 2.86. The van der Waals surface area contributed by atoms with Gasteiger partial charge in [0.25, 0.3) is 5.91 Å². The van der Waals surface area contributed by atoms with E-state index < -0.39 is 0 Å². The molecule has 3 rings (SSSR count). The first-order valence-electron chi connectivity index (χ1n) is 9.72. The van der Waals surface area contributed by atoms with Crippen molar-refractivity contribution in [2.24, 2.45) is 5.10 Å². The molecular weight excluding hydrogens is 414 g/mol. The number of amides is 1. The number of carbonyl (C=O) groups excluding carboxylic acids is 1. The van der Waals surface area contributed by atoms with Crippen molar-refractivity contribution >= 4 is 23.9 Å². The van der Waals surface area contributed by atoms with E-state index in [0.717, 1.165) is 11.1 Å². The maximum Gasteiger partial charge on any atom is 0.250 e. The van der Waals surface area contributed by atoms with Crippen molar-refractivity contribution in [2.45, 2.75) is 25.5 Å². The van der Waals surface area contributed by atoms with Gasteiger partial charge in [-0.25, -0.2) is 5.43 Å². The number of aromatic nitrogens is 3. The largest absolute Gasteiger partial charge is 0.493 e. The van der Waals surface area contributed by atoms with E-state index in [2.05, 4.69) is 20.7 Å². The molecular formula is C22H25N5O3S. The van der Waals surface area contributed by atoms with Gasteiger partial charge in [0.1, 0.15) is 0 Å². The predicted octanol–water partition coefficient (Wildman–Crippen LogP) is 3.53. The number of thioether (sulfide) groups is 1. The predicted molar refractivity (Wildman–Crippen MR) is 122 cm³/mol. The minimum atomic E-state index is -0.216. The summed E-state index contributed by atoms with van der Waals surface area (Å²) in [5.74, 6) is 1.92. The van der Waals surface area contributed by atoms with Crippen molar-refractivity contribution in [3.63, 3.8) is 0 Å². The highest BCUT2D eigenvalue weighted by molar-refractivity contribution is 7.99. The highest BCUT2D eigenvalue weighted by Gasteiger charge is 2.16. The van der Waals surface area contributed by atoms with Crippen LogP contribution in [0.25, 0.3) is 11.4 Å². The summed E-state index contributed by atoms with van der Waals surface area (Å²) in [6.45, 7) is 4.68.